The lowest BCUT2D eigenvalue weighted by atomic mass is 9.95. The third-order valence-corrected chi connectivity index (χ3v) is 3.89. The summed E-state index contributed by atoms with van der Waals surface area (Å²) in [5, 5.41) is 23.2. The van der Waals surface area contributed by atoms with E-state index in [2.05, 4.69) is 26.2 Å². The molecule has 0 radical (unpaired) electrons. The fourth-order valence-corrected chi connectivity index (χ4v) is 2.39. The van der Waals surface area contributed by atoms with Crippen LogP contribution in [0.15, 0.2) is 28.9 Å². The molecule has 6 heteroatoms. The van der Waals surface area contributed by atoms with Crippen LogP contribution in [0, 0.1) is 5.41 Å². The van der Waals surface area contributed by atoms with Crippen LogP contribution in [0.3, 0.4) is 0 Å². The number of aliphatic hydroxyl groups excluding tert-OH is 1. The molecule has 0 spiro atoms. The summed E-state index contributed by atoms with van der Waals surface area (Å²) in [5.41, 5.74) is -0.121. The summed E-state index contributed by atoms with van der Waals surface area (Å²) in [7, 11) is 0. The van der Waals surface area contributed by atoms with Crippen molar-refractivity contribution < 1.29 is 15.0 Å². The summed E-state index contributed by atoms with van der Waals surface area (Å²) in [6, 6.07) is 5.11. The fraction of sp³-hybridized carbons (Fsp3) is 0.333. The van der Waals surface area contributed by atoms with Gasteiger partial charge in [0, 0.05) is 40.0 Å². The van der Waals surface area contributed by atoms with E-state index in [1.165, 1.54) is 0 Å². The predicted octanol–water partition coefficient (Wildman–Crippen LogP) is 3.13. The van der Waals surface area contributed by atoms with Crippen molar-refractivity contribution in [1.82, 2.24) is 4.98 Å². The second-order valence-corrected chi connectivity index (χ2v) is 6.52. The molecule has 0 aliphatic carbocycles. The van der Waals surface area contributed by atoms with Crippen molar-refractivity contribution in [3.8, 4) is 0 Å². The van der Waals surface area contributed by atoms with Crippen LogP contribution in [-0.4, -0.2) is 34.3 Å². The number of aromatic nitrogens is 1. The zero-order valence-electron chi connectivity index (χ0n) is 11.9. The summed E-state index contributed by atoms with van der Waals surface area (Å²) in [4.78, 5) is 15.7. The van der Waals surface area contributed by atoms with Crippen molar-refractivity contribution >= 4 is 38.5 Å². The number of benzene rings is 1. The van der Waals surface area contributed by atoms with Crippen LogP contribution in [0.1, 0.15) is 24.2 Å². The molecule has 0 aliphatic rings. The van der Waals surface area contributed by atoms with Gasteiger partial charge in [-0.25, -0.2) is 9.78 Å². The first kappa shape index (κ1) is 15.7. The smallest absolute Gasteiger partial charge is 0.336 e. The van der Waals surface area contributed by atoms with Crippen LogP contribution in [0.2, 0.25) is 0 Å². The molecule has 0 saturated heterocycles. The normalized spacial score (nSPS) is 11.6. The number of pyridine rings is 1. The van der Waals surface area contributed by atoms with Gasteiger partial charge in [-0.15, -0.1) is 0 Å². The number of nitrogens with zero attached hydrogens (tertiary/aromatic N) is 1. The molecule has 0 unspecified atom stereocenters. The van der Waals surface area contributed by atoms with E-state index in [4.69, 9.17) is 0 Å². The Kier molecular flexibility index (Phi) is 4.49. The molecule has 1 aromatic carbocycles. The Bertz CT molecular complexity index is 686. The number of carboxylic acid groups (broad SMARTS) is 1. The highest BCUT2D eigenvalue weighted by atomic mass is 79.9. The number of hydrogen-bond donors (Lipinski definition) is 3. The summed E-state index contributed by atoms with van der Waals surface area (Å²) in [5.74, 6) is -0.488. The highest BCUT2D eigenvalue weighted by Crippen LogP contribution is 2.31. The maximum absolute atomic E-state index is 11.4. The van der Waals surface area contributed by atoms with E-state index in [0.29, 0.717) is 17.7 Å². The number of hydrogen-bond acceptors (Lipinski definition) is 4. The van der Waals surface area contributed by atoms with Gasteiger partial charge < -0.3 is 15.5 Å². The number of aromatic carboxylic acids is 1. The number of halogens is 1. The minimum Gasteiger partial charge on any atom is -0.478 e. The lowest BCUT2D eigenvalue weighted by molar-refractivity contribution is 0.0699. The number of carbonyl (C=O) groups is 1. The minimum atomic E-state index is -0.995. The van der Waals surface area contributed by atoms with E-state index in [1.54, 1.807) is 18.3 Å². The summed E-state index contributed by atoms with van der Waals surface area (Å²) < 4.78 is 0.743. The summed E-state index contributed by atoms with van der Waals surface area (Å²) >= 11 is 3.40. The van der Waals surface area contributed by atoms with Crippen LogP contribution in [-0.2, 0) is 0 Å². The molecule has 1 heterocycles. The molecule has 0 fully saturated rings. The van der Waals surface area contributed by atoms with Gasteiger partial charge in [0.2, 0.25) is 0 Å². The highest BCUT2D eigenvalue weighted by Gasteiger charge is 2.19. The maximum atomic E-state index is 11.4. The molecule has 1 aromatic heterocycles. The Morgan fingerprint density at radius 3 is 2.76 bits per heavy atom. The molecule has 2 rings (SSSR count). The van der Waals surface area contributed by atoms with Crippen LogP contribution in [0.4, 0.5) is 5.82 Å². The van der Waals surface area contributed by atoms with Gasteiger partial charge in [0.05, 0.1) is 5.56 Å². The number of nitrogens with one attached hydrogen (secondary N) is 1. The first-order valence-electron chi connectivity index (χ1n) is 6.51. The molecule has 0 atom stereocenters. The van der Waals surface area contributed by atoms with Gasteiger partial charge >= 0.3 is 5.97 Å². The number of rotatable bonds is 5. The first-order valence-corrected chi connectivity index (χ1v) is 7.30. The average Bonchev–Trinajstić information content (AvgIpc) is 2.46. The van der Waals surface area contributed by atoms with E-state index in [9.17, 15) is 15.0 Å². The van der Waals surface area contributed by atoms with E-state index in [0.717, 1.165) is 9.86 Å². The van der Waals surface area contributed by atoms with Crippen molar-refractivity contribution in [2.45, 2.75) is 13.8 Å². The monoisotopic (exact) mass is 352 g/mol. The van der Waals surface area contributed by atoms with Crippen LogP contribution in [0.25, 0.3) is 10.8 Å². The number of fused-ring (bicyclic) bond motifs is 1. The molecule has 5 nitrogen and oxygen atoms in total. The Morgan fingerprint density at radius 1 is 1.43 bits per heavy atom. The van der Waals surface area contributed by atoms with Crippen molar-refractivity contribution in [2.24, 2.45) is 5.41 Å². The molecular formula is C15H17BrN2O3. The van der Waals surface area contributed by atoms with Crippen LogP contribution >= 0.6 is 15.9 Å². The number of anilines is 1. The zero-order chi connectivity index (χ0) is 15.6. The fourth-order valence-electron chi connectivity index (χ4n) is 1.95. The minimum absolute atomic E-state index is 0.0280. The molecular weight excluding hydrogens is 336 g/mol. The first-order chi connectivity index (χ1) is 9.85. The summed E-state index contributed by atoms with van der Waals surface area (Å²) in [6.07, 6.45) is 1.64. The van der Waals surface area contributed by atoms with E-state index < -0.39 is 5.97 Å². The predicted molar refractivity (Wildman–Crippen MR) is 85.8 cm³/mol. The van der Waals surface area contributed by atoms with Crippen molar-refractivity contribution in [3.05, 3.63) is 34.4 Å². The molecule has 0 amide bonds. The Hall–Kier alpha value is -1.66. The average molecular weight is 353 g/mol. The Labute approximate surface area is 131 Å². The van der Waals surface area contributed by atoms with Crippen molar-refractivity contribution in [1.29, 1.82) is 0 Å². The highest BCUT2D eigenvalue weighted by molar-refractivity contribution is 9.10. The summed E-state index contributed by atoms with van der Waals surface area (Å²) in [6.45, 7) is 4.35. The van der Waals surface area contributed by atoms with Crippen LogP contribution in [0.5, 0.6) is 0 Å². The molecule has 2 aromatic rings. The molecule has 3 N–H and O–H groups in total. The Balaban J connectivity index is 2.54. The quantitative estimate of drug-likeness (QED) is 0.769. The van der Waals surface area contributed by atoms with E-state index in [1.807, 2.05) is 19.9 Å². The van der Waals surface area contributed by atoms with Crippen molar-refractivity contribution in [2.75, 3.05) is 18.5 Å². The van der Waals surface area contributed by atoms with Gasteiger partial charge in [-0.05, 0) is 22.0 Å². The standard InChI is InChI=1S/C15H17BrN2O3/c1-15(2,8-19)7-18-13-12-9(11(16)6-17-13)4-3-5-10(12)14(20)21/h3-6,19H,7-8H2,1-2H3,(H,17,18)(H,20,21). The lowest BCUT2D eigenvalue weighted by Gasteiger charge is -2.23. The second kappa shape index (κ2) is 5.99. The van der Waals surface area contributed by atoms with Crippen molar-refractivity contribution in [3.63, 3.8) is 0 Å². The molecule has 21 heavy (non-hydrogen) atoms. The third kappa shape index (κ3) is 3.33. The van der Waals surface area contributed by atoms with Gasteiger partial charge in [0.15, 0.2) is 0 Å². The number of aliphatic hydroxyl groups is 1. The van der Waals surface area contributed by atoms with Gasteiger partial charge in [0.25, 0.3) is 0 Å². The zero-order valence-corrected chi connectivity index (χ0v) is 13.4. The van der Waals surface area contributed by atoms with Gasteiger partial charge in [-0.1, -0.05) is 26.0 Å². The third-order valence-electron chi connectivity index (χ3n) is 3.26. The van der Waals surface area contributed by atoms with E-state index in [-0.39, 0.29) is 17.6 Å². The largest absolute Gasteiger partial charge is 0.478 e. The number of carboxylic acids is 1. The van der Waals surface area contributed by atoms with E-state index >= 15 is 0 Å². The van der Waals surface area contributed by atoms with Crippen LogP contribution < -0.4 is 5.32 Å². The van der Waals surface area contributed by atoms with Gasteiger partial charge in [-0.3, -0.25) is 0 Å². The maximum Gasteiger partial charge on any atom is 0.336 e. The molecule has 0 bridgehead atoms. The molecule has 0 aliphatic heterocycles. The molecule has 0 saturated carbocycles. The lowest BCUT2D eigenvalue weighted by Crippen LogP contribution is -2.27. The van der Waals surface area contributed by atoms with Gasteiger partial charge in [0.1, 0.15) is 5.82 Å². The Morgan fingerprint density at radius 2 is 2.14 bits per heavy atom. The van der Waals surface area contributed by atoms with Gasteiger partial charge in [-0.2, -0.15) is 0 Å². The molecule has 112 valence electrons. The SMILES string of the molecule is CC(C)(CO)CNc1ncc(Br)c2cccc(C(=O)O)c12. The second-order valence-electron chi connectivity index (χ2n) is 5.66. The topological polar surface area (TPSA) is 82.5 Å².